The van der Waals surface area contributed by atoms with E-state index >= 15 is 0 Å². The lowest BCUT2D eigenvalue weighted by molar-refractivity contribution is -0.276. The number of hydrogen-bond donors (Lipinski definition) is 9. The molecule has 6 atom stereocenters. The van der Waals surface area contributed by atoms with Crippen LogP contribution in [0.25, 0.3) is 0 Å². The van der Waals surface area contributed by atoms with E-state index in [4.69, 9.17) is 28.4 Å². The van der Waals surface area contributed by atoms with Crippen molar-refractivity contribution in [1.29, 1.82) is 0 Å². The highest BCUT2D eigenvalue weighted by atomic mass is 16.7. The lowest BCUT2D eigenvalue weighted by Gasteiger charge is -2.42. The molecule has 0 radical (unpaired) electrons. The number of esters is 2. The van der Waals surface area contributed by atoms with E-state index in [0.29, 0.717) is 11.3 Å². The fourth-order valence-corrected chi connectivity index (χ4v) is 6.29. The summed E-state index contributed by atoms with van der Waals surface area (Å²) in [4.78, 5) is 39.4. The van der Waals surface area contributed by atoms with E-state index in [9.17, 15) is 60.3 Å². The summed E-state index contributed by atoms with van der Waals surface area (Å²) < 4.78 is 34.0. The van der Waals surface area contributed by atoms with E-state index in [-0.39, 0.29) is 34.6 Å². The number of Topliss-reactive ketones (excluding diaryl/α,β-unsaturated/α-hetero) is 1. The van der Waals surface area contributed by atoms with Crippen LogP contribution in [0.3, 0.4) is 0 Å². The number of methoxy groups -OCH3 is 1. The second kappa shape index (κ2) is 15.2. The highest BCUT2D eigenvalue weighted by Crippen LogP contribution is 2.48. The van der Waals surface area contributed by atoms with Crippen LogP contribution >= 0.6 is 0 Å². The maximum absolute atomic E-state index is 13.4. The molecule has 18 nitrogen and oxygen atoms in total. The molecule has 296 valence electrons. The molecule has 0 spiro atoms. The van der Waals surface area contributed by atoms with Crippen LogP contribution < -0.4 is 14.2 Å². The molecule has 2 aliphatic rings. The Bertz CT molecular complexity index is 2150. The average Bonchev–Trinajstić information content (AvgIpc) is 3.17. The fraction of sp³-hybridized carbons (Fsp3) is 0.289. The fourth-order valence-electron chi connectivity index (χ4n) is 6.29. The summed E-state index contributed by atoms with van der Waals surface area (Å²) in [5.74, 6) is -8.32. The smallest absolute Gasteiger partial charge is 0.338 e. The number of ketones is 1. The predicted molar refractivity (Wildman–Crippen MR) is 187 cm³/mol. The van der Waals surface area contributed by atoms with Gasteiger partial charge in [-0.05, 0) is 55.8 Å². The molecule has 1 fully saturated rings. The normalized spacial score (nSPS) is 21.7. The Balaban J connectivity index is 1.30. The highest BCUT2D eigenvalue weighted by molar-refractivity contribution is 6.04. The largest absolute Gasteiger partial charge is 0.507 e. The number of carbonyl (C=O) groups is 3. The zero-order chi connectivity index (χ0) is 40.7. The van der Waals surface area contributed by atoms with Crippen molar-refractivity contribution in [3.05, 3.63) is 81.9 Å². The Morgan fingerprint density at radius 2 is 1.32 bits per heavy atom. The van der Waals surface area contributed by atoms with Crippen LogP contribution in [-0.2, 0) is 14.2 Å². The summed E-state index contributed by atoms with van der Waals surface area (Å²) in [6, 6.07) is 9.86. The number of aliphatic hydroxyl groups excluding tert-OH is 2. The Hall–Kier alpha value is -6.63. The summed E-state index contributed by atoms with van der Waals surface area (Å²) in [5, 5.41) is 92.6. The maximum atomic E-state index is 13.4. The quantitative estimate of drug-likeness (QED) is 0.0871. The summed E-state index contributed by atoms with van der Waals surface area (Å²) in [6.07, 6.45) is -10.3. The van der Waals surface area contributed by atoms with E-state index < -0.39 is 113 Å². The third-order valence-corrected chi connectivity index (χ3v) is 9.35. The van der Waals surface area contributed by atoms with Crippen molar-refractivity contribution in [2.24, 2.45) is 0 Å². The van der Waals surface area contributed by atoms with Gasteiger partial charge in [0.05, 0.1) is 24.7 Å². The van der Waals surface area contributed by atoms with E-state index in [0.717, 1.165) is 24.3 Å². The monoisotopic (exact) mass is 780 g/mol. The molecule has 6 unspecified atom stereocenters. The topological polar surface area (TPSA) is 289 Å². The Kier molecular flexibility index (Phi) is 10.6. The number of phenolic OH excluding ortho intramolecular Hbond substituents is 7. The number of aliphatic hydroxyl groups is 2. The molecule has 56 heavy (non-hydrogen) atoms. The van der Waals surface area contributed by atoms with Gasteiger partial charge in [0.2, 0.25) is 6.29 Å². The number of ether oxygens (including phenoxy) is 6. The third kappa shape index (κ3) is 7.27. The van der Waals surface area contributed by atoms with Gasteiger partial charge in [-0.3, -0.25) is 4.79 Å². The zero-order valence-corrected chi connectivity index (χ0v) is 29.7. The van der Waals surface area contributed by atoms with Crippen LogP contribution in [-0.4, -0.2) is 108 Å². The van der Waals surface area contributed by atoms with Gasteiger partial charge >= 0.3 is 11.9 Å². The summed E-state index contributed by atoms with van der Waals surface area (Å²) >= 11 is 0. The van der Waals surface area contributed by atoms with Crippen LogP contribution in [0, 0.1) is 13.8 Å². The average molecular weight is 781 g/mol. The van der Waals surface area contributed by atoms with Crippen LogP contribution in [0.1, 0.15) is 60.3 Å². The van der Waals surface area contributed by atoms with Crippen LogP contribution in [0.15, 0.2) is 48.5 Å². The standard InChI is InChI=1S/C38H36O18/c1-14-28(44)27-20(39)12-25(16-4-6-19(51-3)7-5-16)53-34(27)15(2)33(14)56-38-32(48)31(47)35(55-37(50)18-10-23(42)30(46)24(43)11-18)26(54-38)13-52-36(49)17-8-21(40)29(45)22(41)9-17/h4-11,25-26,31-32,35,38,40-48H,12-13H2,1-3H3. The van der Waals surface area contributed by atoms with Crippen molar-refractivity contribution < 1.29 is 88.8 Å². The maximum Gasteiger partial charge on any atom is 0.338 e. The lowest BCUT2D eigenvalue weighted by atomic mass is 9.91. The molecule has 4 aromatic rings. The molecule has 0 bridgehead atoms. The SMILES string of the molecule is COc1ccc(C2CC(=O)c3c(O)c(C)c(OC4OC(COC(=O)c5cc(O)c(O)c(O)c5)C(OC(=O)c5cc(O)c(O)c(O)c5)C(O)C4O)c(C)c3O2)cc1. The Morgan fingerprint density at radius 3 is 1.88 bits per heavy atom. The first-order valence-electron chi connectivity index (χ1n) is 16.8. The van der Waals surface area contributed by atoms with Crippen LogP contribution in [0.2, 0.25) is 0 Å². The third-order valence-electron chi connectivity index (χ3n) is 9.35. The van der Waals surface area contributed by atoms with Gasteiger partial charge in [-0.1, -0.05) is 12.1 Å². The van der Waals surface area contributed by atoms with Crippen molar-refractivity contribution in [3.63, 3.8) is 0 Å². The molecular formula is C38H36O18. The number of phenols is 7. The number of rotatable bonds is 9. The molecule has 0 saturated carbocycles. The molecule has 0 aliphatic carbocycles. The first-order chi connectivity index (χ1) is 26.5. The van der Waals surface area contributed by atoms with Gasteiger partial charge in [0.15, 0.2) is 46.4 Å². The minimum atomic E-state index is -2.06. The predicted octanol–water partition coefficient (Wildman–Crippen LogP) is 2.87. The van der Waals surface area contributed by atoms with Gasteiger partial charge < -0.3 is 74.4 Å². The number of aromatic hydroxyl groups is 7. The van der Waals surface area contributed by atoms with Crippen LogP contribution in [0.5, 0.6) is 57.5 Å². The minimum Gasteiger partial charge on any atom is -0.507 e. The number of hydrogen-bond acceptors (Lipinski definition) is 18. The number of fused-ring (bicyclic) bond motifs is 1. The number of benzene rings is 4. The second-order valence-electron chi connectivity index (χ2n) is 13.0. The second-order valence-corrected chi connectivity index (χ2v) is 13.0. The first-order valence-corrected chi connectivity index (χ1v) is 16.8. The van der Waals surface area contributed by atoms with Gasteiger partial charge in [0.1, 0.15) is 59.6 Å². The van der Waals surface area contributed by atoms with Gasteiger partial charge in [0.25, 0.3) is 0 Å². The highest BCUT2D eigenvalue weighted by Gasteiger charge is 2.49. The molecular weight excluding hydrogens is 744 g/mol. The molecule has 0 amide bonds. The summed E-state index contributed by atoms with van der Waals surface area (Å²) in [5.41, 5.74) is -0.193. The molecule has 9 N–H and O–H groups in total. The van der Waals surface area contributed by atoms with Crippen molar-refractivity contribution >= 4 is 17.7 Å². The Morgan fingerprint density at radius 1 is 0.768 bits per heavy atom. The van der Waals surface area contributed by atoms with E-state index in [1.54, 1.807) is 24.3 Å². The molecule has 6 rings (SSSR count). The molecule has 2 heterocycles. The van der Waals surface area contributed by atoms with Crippen molar-refractivity contribution in [2.45, 2.75) is 57.1 Å². The summed E-state index contributed by atoms with van der Waals surface area (Å²) in [6.45, 7) is 2.08. The van der Waals surface area contributed by atoms with Crippen molar-refractivity contribution in [2.75, 3.05) is 13.7 Å². The van der Waals surface area contributed by atoms with Gasteiger partial charge in [-0.15, -0.1) is 0 Å². The minimum absolute atomic E-state index is 0.0240. The van der Waals surface area contributed by atoms with Gasteiger partial charge in [-0.2, -0.15) is 0 Å². The summed E-state index contributed by atoms with van der Waals surface area (Å²) in [7, 11) is 1.50. The lowest BCUT2D eigenvalue weighted by Crippen LogP contribution is -2.61. The van der Waals surface area contributed by atoms with E-state index in [1.807, 2.05) is 0 Å². The zero-order valence-electron chi connectivity index (χ0n) is 29.7. The molecule has 18 heteroatoms. The molecule has 2 aliphatic heterocycles. The molecule has 4 aromatic carbocycles. The molecule has 0 aromatic heterocycles. The van der Waals surface area contributed by atoms with Gasteiger partial charge in [-0.25, -0.2) is 9.59 Å². The first kappa shape index (κ1) is 39.1. The van der Waals surface area contributed by atoms with Gasteiger partial charge in [0, 0.05) is 11.1 Å². The molecule has 1 saturated heterocycles. The van der Waals surface area contributed by atoms with E-state index in [1.165, 1.54) is 21.0 Å². The van der Waals surface area contributed by atoms with E-state index in [2.05, 4.69) is 0 Å². The van der Waals surface area contributed by atoms with Crippen molar-refractivity contribution in [3.8, 4) is 57.5 Å². The van der Waals surface area contributed by atoms with Crippen LogP contribution in [0.4, 0.5) is 0 Å². The van der Waals surface area contributed by atoms with Crippen molar-refractivity contribution in [1.82, 2.24) is 0 Å². The number of carbonyl (C=O) groups excluding carboxylic acids is 3. The Labute approximate surface area is 316 Å².